The summed E-state index contributed by atoms with van der Waals surface area (Å²) in [6, 6.07) is 5.17. The quantitative estimate of drug-likeness (QED) is 0.737. The summed E-state index contributed by atoms with van der Waals surface area (Å²) in [5.74, 6) is 0.0402. The van der Waals surface area contributed by atoms with Gasteiger partial charge in [-0.3, -0.25) is 0 Å². The molecule has 0 fully saturated rings. The van der Waals surface area contributed by atoms with E-state index in [9.17, 15) is 4.39 Å². The molecular formula is C13H19FO. The van der Waals surface area contributed by atoms with Gasteiger partial charge in [0.1, 0.15) is 0 Å². The minimum atomic E-state index is -0.274. The SMILES string of the molecule is COc1ccc(CCC(C)(C)C)cc1F. The van der Waals surface area contributed by atoms with E-state index in [4.69, 9.17) is 4.74 Å². The number of halogens is 1. The molecule has 1 aromatic carbocycles. The second-order valence-electron chi connectivity index (χ2n) is 5.03. The fourth-order valence-electron chi connectivity index (χ4n) is 1.38. The van der Waals surface area contributed by atoms with Gasteiger partial charge in [-0.05, 0) is 36.0 Å². The van der Waals surface area contributed by atoms with Crippen molar-refractivity contribution in [2.75, 3.05) is 7.11 Å². The van der Waals surface area contributed by atoms with Gasteiger partial charge in [-0.15, -0.1) is 0 Å². The van der Waals surface area contributed by atoms with Gasteiger partial charge in [0.15, 0.2) is 11.6 Å². The van der Waals surface area contributed by atoms with E-state index in [2.05, 4.69) is 20.8 Å². The molecule has 2 heteroatoms. The van der Waals surface area contributed by atoms with E-state index >= 15 is 0 Å². The van der Waals surface area contributed by atoms with Crippen molar-refractivity contribution in [2.45, 2.75) is 33.6 Å². The molecule has 0 aromatic heterocycles. The summed E-state index contributed by atoms with van der Waals surface area (Å²) in [6.07, 6.45) is 1.96. The van der Waals surface area contributed by atoms with Crippen LogP contribution in [-0.2, 0) is 6.42 Å². The van der Waals surface area contributed by atoms with Crippen molar-refractivity contribution in [3.8, 4) is 5.75 Å². The molecule has 0 radical (unpaired) electrons. The summed E-state index contributed by atoms with van der Waals surface area (Å²) in [4.78, 5) is 0. The molecule has 0 amide bonds. The van der Waals surface area contributed by atoms with E-state index in [1.54, 1.807) is 12.1 Å². The lowest BCUT2D eigenvalue weighted by Gasteiger charge is -2.17. The average Bonchev–Trinajstić information content (AvgIpc) is 2.14. The maximum Gasteiger partial charge on any atom is 0.165 e. The second kappa shape index (κ2) is 4.65. The Morgan fingerprint density at radius 3 is 2.40 bits per heavy atom. The highest BCUT2D eigenvalue weighted by atomic mass is 19.1. The zero-order chi connectivity index (χ0) is 11.5. The van der Waals surface area contributed by atoms with Crippen molar-refractivity contribution in [1.82, 2.24) is 0 Å². The van der Waals surface area contributed by atoms with Gasteiger partial charge in [0.2, 0.25) is 0 Å². The van der Waals surface area contributed by atoms with Gasteiger partial charge in [0.05, 0.1) is 7.11 Å². The molecule has 1 aromatic rings. The molecule has 0 bridgehead atoms. The standard InChI is InChI=1S/C13H19FO/c1-13(2,3)8-7-10-5-6-12(15-4)11(14)9-10/h5-6,9H,7-8H2,1-4H3. The van der Waals surface area contributed by atoms with Crippen LogP contribution >= 0.6 is 0 Å². The first-order chi connectivity index (χ1) is 6.92. The largest absolute Gasteiger partial charge is 0.494 e. The first kappa shape index (κ1) is 12.0. The number of rotatable bonds is 3. The average molecular weight is 210 g/mol. The first-order valence-electron chi connectivity index (χ1n) is 5.25. The lowest BCUT2D eigenvalue weighted by molar-refractivity contribution is 0.375. The second-order valence-corrected chi connectivity index (χ2v) is 5.03. The molecule has 0 heterocycles. The third-order valence-corrected chi connectivity index (χ3v) is 2.38. The van der Waals surface area contributed by atoms with E-state index in [1.165, 1.54) is 7.11 Å². The van der Waals surface area contributed by atoms with Gasteiger partial charge in [0.25, 0.3) is 0 Å². The summed E-state index contributed by atoms with van der Waals surface area (Å²) in [5.41, 5.74) is 1.32. The van der Waals surface area contributed by atoms with Crippen LogP contribution in [0, 0.1) is 11.2 Å². The van der Waals surface area contributed by atoms with E-state index in [0.717, 1.165) is 18.4 Å². The molecule has 0 aliphatic rings. The maximum absolute atomic E-state index is 13.3. The normalized spacial score (nSPS) is 11.5. The summed E-state index contributed by atoms with van der Waals surface area (Å²) in [7, 11) is 1.48. The van der Waals surface area contributed by atoms with Crippen molar-refractivity contribution >= 4 is 0 Å². The number of benzene rings is 1. The monoisotopic (exact) mass is 210 g/mol. The third kappa shape index (κ3) is 3.90. The van der Waals surface area contributed by atoms with Crippen LogP contribution in [0.25, 0.3) is 0 Å². The summed E-state index contributed by atoms with van der Waals surface area (Å²) in [6.45, 7) is 6.56. The Morgan fingerprint density at radius 2 is 1.93 bits per heavy atom. The molecule has 0 saturated heterocycles. The molecule has 0 aliphatic heterocycles. The van der Waals surface area contributed by atoms with E-state index in [-0.39, 0.29) is 11.2 Å². The molecule has 15 heavy (non-hydrogen) atoms. The topological polar surface area (TPSA) is 9.23 Å². The van der Waals surface area contributed by atoms with Crippen LogP contribution in [0.15, 0.2) is 18.2 Å². The van der Waals surface area contributed by atoms with Gasteiger partial charge < -0.3 is 4.74 Å². The lowest BCUT2D eigenvalue weighted by Crippen LogP contribution is -2.06. The Balaban J connectivity index is 2.68. The van der Waals surface area contributed by atoms with Crippen molar-refractivity contribution < 1.29 is 9.13 Å². The summed E-state index contributed by atoms with van der Waals surface area (Å²) < 4.78 is 18.2. The first-order valence-corrected chi connectivity index (χ1v) is 5.25. The zero-order valence-electron chi connectivity index (χ0n) is 9.93. The molecule has 0 atom stereocenters. The fourth-order valence-corrected chi connectivity index (χ4v) is 1.38. The Labute approximate surface area is 91.3 Å². The van der Waals surface area contributed by atoms with E-state index < -0.39 is 0 Å². The van der Waals surface area contributed by atoms with E-state index in [1.807, 2.05) is 6.07 Å². The van der Waals surface area contributed by atoms with E-state index in [0.29, 0.717) is 5.75 Å². The van der Waals surface area contributed by atoms with Crippen LogP contribution in [0.3, 0.4) is 0 Å². The Kier molecular flexibility index (Phi) is 3.72. The molecule has 84 valence electrons. The Morgan fingerprint density at radius 1 is 1.27 bits per heavy atom. The number of hydrogen-bond acceptors (Lipinski definition) is 1. The molecule has 0 saturated carbocycles. The van der Waals surface area contributed by atoms with Crippen LogP contribution in [0.2, 0.25) is 0 Å². The molecule has 1 rings (SSSR count). The van der Waals surface area contributed by atoms with Crippen LogP contribution in [0.1, 0.15) is 32.8 Å². The number of aryl methyl sites for hydroxylation is 1. The van der Waals surface area contributed by atoms with Crippen molar-refractivity contribution in [2.24, 2.45) is 5.41 Å². The minimum absolute atomic E-state index is 0.274. The lowest BCUT2D eigenvalue weighted by atomic mass is 9.89. The molecule has 0 N–H and O–H groups in total. The molecule has 0 unspecified atom stereocenters. The predicted octanol–water partition coefficient (Wildman–Crippen LogP) is 3.81. The summed E-state index contributed by atoms with van der Waals surface area (Å²) >= 11 is 0. The highest BCUT2D eigenvalue weighted by molar-refractivity contribution is 5.29. The van der Waals surface area contributed by atoms with Gasteiger partial charge in [-0.1, -0.05) is 26.8 Å². The minimum Gasteiger partial charge on any atom is -0.494 e. The van der Waals surface area contributed by atoms with Gasteiger partial charge >= 0.3 is 0 Å². The van der Waals surface area contributed by atoms with Crippen LogP contribution < -0.4 is 4.74 Å². The molecule has 0 aliphatic carbocycles. The number of hydrogen-bond donors (Lipinski definition) is 0. The summed E-state index contributed by atoms with van der Waals surface area (Å²) in [5, 5.41) is 0. The van der Waals surface area contributed by atoms with Gasteiger partial charge in [0, 0.05) is 0 Å². The van der Waals surface area contributed by atoms with Gasteiger partial charge in [-0.25, -0.2) is 4.39 Å². The van der Waals surface area contributed by atoms with Crippen molar-refractivity contribution in [1.29, 1.82) is 0 Å². The van der Waals surface area contributed by atoms with Crippen molar-refractivity contribution in [3.05, 3.63) is 29.6 Å². The van der Waals surface area contributed by atoms with Crippen LogP contribution in [0.4, 0.5) is 4.39 Å². The Hall–Kier alpha value is -1.05. The highest BCUT2D eigenvalue weighted by Crippen LogP contribution is 2.23. The highest BCUT2D eigenvalue weighted by Gasteiger charge is 2.11. The smallest absolute Gasteiger partial charge is 0.165 e. The van der Waals surface area contributed by atoms with Crippen molar-refractivity contribution in [3.63, 3.8) is 0 Å². The number of ether oxygens (including phenoxy) is 1. The van der Waals surface area contributed by atoms with Gasteiger partial charge in [-0.2, -0.15) is 0 Å². The number of methoxy groups -OCH3 is 1. The predicted molar refractivity (Wildman–Crippen MR) is 60.7 cm³/mol. The third-order valence-electron chi connectivity index (χ3n) is 2.38. The molecular weight excluding hydrogens is 191 g/mol. The molecule has 1 nitrogen and oxygen atoms in total. The van der Waals surface area contributed by atoms with Crippen LogP contribution in [-0.4, -0.2) is 7.11 Å². The molecule has 0 spiro atoms. The Bertz CT molecular complexity index is 326. The maximum atomic E-state index is 13.3. The zero-order valence-corrected chi connectivity index (χ0v) is 9.93. The van der Waals surface area contributed by atoms with Crippen LogP contribution in [0.5, 0.6) is 5.75 Å². The fraction of sp³-hybridized carbons (Fsp3) is 0.538.